The number of nitrogens with zero attached hydrogens (tertiary/aromatic N) is 5. The first-order valence-electron chi connectivity index (χ1n) is 8.81. The Balaban J connectivity index is 1.67. The maximum absolute atomic E-state index is 12.9. The second-order valence-corrected chi connectivity index (χ2v) is 6.74. The minimum atomic E-state index is -0.327. The molecule has 0 N–H and O–H groups in total. The second-order valence-electron chi connectivity index (χ2n) is 6.74. The van der Waals surface area contributed by atoms with Crippen LogP contribution in [0.5, 0.6) is 0 Å². The van der Waals surface area contributed by atoms with Gasteiger partial charge in [-0.1, -0.05) is 18.2 Å². The lowest BCUT2D eigenvalue weighted by Crippen LogP contribution is -2.49. The lowest BCUT2D eigenvalue weighted by molar-refractivity contribution is -0.120. The van der Waals surface area contributed by atoms with Gasteiger partial charge in [-0.05, 0) is 25.3 Å². The van der Waals surface area contributed by atoms with Crippen LogP contribution in [0.1, 0.15) is 5.69 Å². The molecule has 1 aromatic heterocycles. The summed E-state index contributed by atoms with van der Waals surface area (Å²) in [5.74, 6) is 0.446. The smallest absolute Gasteiger partial charge is 0.279 e. The number of hydrogen-bond acceptors (Lipinski definition) is 6. The number of hydrogen-bond donors (Lipinski definition) is 0. The predicted molar refractivity (Wildman–Crippen MR) is 101 cm³/mol. The van der Waals surface area contributed by atoms with Gasteiger partial charge >= 0.3 is 0 Å². The minimum absolute atomic E-state index is 0.0165. The van der Waals surface area contributed by atoms with Crippen LogP contribution in [-0.2, 0) is 4.79 Å². The molecule has 134 valence electrons. The zero-order chi connectivity index (χ0) is 18.1. The van der Waals surface area contributed by atoms with E-state index >= 15 is 0 Å². The van der Waals surface area contributed by atoms with E-state index in [0.29, 0.717) is 35.5 Å². The normalized spacial score (nSPS) is 18.1. The Morgan fingerprint density at radius 1 is 1.12 bits per heavy atom. The molecule has 4 rings (SSSR count). The molecule has 0 aliphatic carbocycles. The Bertz CT molecular complexity index is 935. The number of aromatic nitrogens is 2. The molecule has 2 aliphatic heterocycles. The molecule has 1 saturated heterocycles. The number of piperazine rings is 1. The molecular weight excluding hydrogens is 330 g/mol. The van der Waals surface area contributed by atoms with Crippen LogP contribution in [0.4, 0.5) is 5.82 Å². The molecule has 7 heteroatoms. The minimum Gasteiger partial charge on any atom is -0.304 e. The van der Waals surface area contributed by atoms with Gasteiger partial charge in [-0.3, -0.25) is 19.4 Å². The number of para-hydroxylation sites is 1. The summed E-state index contributed by atoms with van der Waals surface area (Å²) < 4.78 is 0. The van der Waals surface area contributed by atoms with E-state index in [-0.39, 0.29) is 11.5 Å². The highest BCUT2D eigenvalue weighted by atomic mass is 16.2. The quantitative estimate of drug-likeness (QED) is 0.789. The van der Waals surface area contributed by atoms with E-state index in [2.05, 4.69) is 26.8 Å². The van der Waals surface area contributed by atoms with Crippen molar-refractivity contribution in [1.82, 2.24) is 19.8 Å². The van der Waals surface area contributed by atoms with Gasteiger partial charge in [0.05, 0.1) is 17.4 Å². The first-order chi connectivity index (χ1) is 12.6. The van der Waals surface area contributed by atoms with E-state index in [9.17, 15) is 9.59 Å². The second kappa shape index (κ2) is 6.93. The summed E-state index contributed by atoms with van der Waals surface area (Å²) in [4.78, 5) is 40.1. The Kier molecular flexibility index (Phi) is 4.48. The molecule has 3 heterocycles. The van der Waals surface area contributed by atoms with Gasteiger partial charge in [0.2, 0.25) is 5.91 Å². The number of benzene rings is 1. The van der Waals surface area contributed by atoms with E-state index in [1.807, 2.05) is 12.1 Å². The molecule has 0 bridgehead atoms. The molecule has 1 fully saturated rings. The van der Waals surface area contributed by atoms with Crippen LogP contribution in [-0.4, -0.2) is 72.0 Å². The number of carbonyl (C=O) groups is 1. The summed E-state index contributed by atoms with van der Waals surface area (Å²) in [7, 11) is 2.09. The maximum atomic E-state index is 12.9. The van der Waals surface area contributed by atoms with Crippen molar-refractivity contribution in [3.63, 3.8) is 0 Å². The third-order valence-electron chi connectivity index (χ3n) is 4.89. The van der Waals surface area contributed by atoms with Crippen molar-refractivity contribution in [3.8, 4) is 0 Å². The van der Waals surface area contributed by atoms with Crippen LogP contribution in [0.2, 0.25) is 0 Å². The number of likely N-dealkylation sites (N-methyl/N-ethyl adjacent to an activating group) is 1. The van der Waals surface area contributed by atoms with Gasteiger partial charge in [-0.15, -0.1) is 0 Å². The van der Waals surface area contributed by atoms with Crippen LogP contribution in [0, 0.1) is 0 Å². The molecule has 2 aromatic rings. The number of fused-ring (bicyclic) bond motifs is 2. The number of amides is 1. The van der Waals surface area contributed by atoms with Gasteiger partial charge in [0, 0.05) is 32.7 Å². The highest BCUT2D eigenvalue weighted by Crippen LogP contribution is 2.22. The highest BCUT2D eigenvalue weighted by Gasteiger charge is 2.25. The van der Waals surface area contributed by atoms with Gasteiger partial charge < -0.3 is 4.90 Å². The van der Waals surface area contributed by atoms with Crippen molar-refractivity contribution in [2.45, 2.75) is 0 Å². The van der Waals surface area contributed by atoms with Crippen LogP contribution in [0.3, 0.4) is 0 Å². The summed E-state index contributed by atoms with van der Waals surface area (Å²) in [6.45, 7) is 4.47. The fourth-order valence-electron chi connectivity index (χ4n) is 3.31. The monoisotopic (exact) mass is 351 g/mol. The molecule has 0 radical (unpaired) electrons. The summed E-state index contributed by atoms with van der Waals surface area (Å²) in [5, 5.41) is 0.460. The third-order valence-corrected chi connectivity index (χ3v) is 4.89. The number of anilines is 1. The van der Waals surface area contributed by atoms with E-state index < -0.39 is 0 Å². The Morgan fingerprint density at radius 3 is 2.69 bits per heavy atom. The first kappa shape index (κ1) is 16.8. The van der Waals surface area contributed by atoms with Gasteiger partial charge in [0.15, 0.2) is 5.82 Å². The predicted octanol–water partition coefficient (Wildman–Crippen LogP) is 0.597. The van der Waals surface area contributed by atoms with Crippen LogP contribution in [0.15, 0.2) is 35.1 Å². The lowest BCUT2D eigenvalue weighted by Gasteiger charge is -2.33. The number of carbonyl (C=O) groups excluding carboxylic acids is 1. The Morgan fingerprint density at radius 2 is 1.88 bits per heavy atom. The van der Waals surface area contributed by atoms with Crippen molar-refractivity contribution in [2.75, 3.05) is 51.2 Å². The molecule has 26 heavy (non-hydrogen) atoms. The molecule has 0 saturated carbocycles. The van der Waals surface area contributed by atoms with E-state index in [4.69, 9.17) is 0 Å². The van der Waals surface area contributed by atoms with Gasteiger partial charge in [-0.25, -0.2) is 9.97 Å². The fourth-order valence-corrected chi connectivity index (χ4v) is 3.31. The molecule has 0 unspecified atom stereocenters. The lowest BCUT2D eigenvalue weighted by atomic mass is 10.2. The van der Waals surface area contributed by atoms with E-state index in [0.717, 1.165) is 26.2 Å². The zero-order valence-corrected chi connectivity index (χ0v) is 14.8. The van der Waals surface area contributed by atoms with Crippen LogP contribution in [0.25, 0.3) is 17.0 Å². The van der Waals surface area contributed by atoms with Crippen LogP contribution >= 0.6 is 0 Å². The third kappa shape index (κ3) is 3.23. The molecule has 7 nitrogen and oxygen atoms in total. The highest BCUT2D eigenvalue weighted by molar-refractivity contribution is 5.97. The number of rotatable bonds is 2. The van der Waals surface area contributed by atoms with Crippen molar-refractivity contribution >= 4 is 28.7 Å². The topological polar surface area (TPSA) is 69.6 Å². The molecule has 1 aromatic carbocycles. The van der Waals surface area contributed by atoms with E-state index in [1.165, 1.54) is 0 Å². The van der Waals surface area contributed by atoms with Gasteiger partial charge in [-0.2, -0.15) is 0 Å². The summed E-state index contributed by atoms with van der Waals surface area (Å²) in [6, 6.07) is 7.11. The van der Waals surface area contributed by atoms with Crippen molar-refractivity contribution in [1.29, 1.82) is 0 Å². The van der Waals surface area contributed by atoms with Crippen molar-refractivity contribution in [3.05, 3.63) is 46.4 Å². The Hall–Kier alpha value is -2.64. The van der Waals surface area contributed by atoms with Crippen molar-refractivity contribution in [2.24, 2.45) is 0 Å². The molecule has 0 atom stereocenters. The standard InChI is InChI=1S/C19H21N5O2/c1-22-9-11-23(12-10-22)13-17(25)24-8-4-7-16-18(24)20-15-6-3-2-5-14(15)19(26)21-16/h2-7H,8-13H2,1H3. The maximum Gasteiger partial charge on any atom is 0.279 e. The van der Waals surface area contributed by atoms with Gasteiger partial charge in [0.25, 0.3) is 5.56 Å². The van der Waals surface area contributed by atoms with Crippen molar-refractivity contribution < 1.29 is 4.79 Å². The average molecular weight is 351 g/mol. The van der Waals surface area contributed by atoms with Gasteiger partial charge in [0.1, 0.15) is 5.69 Å². The first-order valence-corrected chi connectivity index (χ1v) is 8.81. The summed E-state index contributed by atoms with van der Waals surface area (Å²) >= 11 is 0. The largest absolute Gasteiger partial charge is 0.304 e. The SMILES string of the molecule is CN1CCN(CC(=O)N2CC=Cc3nc(=O)c4ccccc4nc32)CC1. The summed E-state index contributed by atoms with van der Waals surface area (Å²) in [5.41, 5.74) is 0.676. The van der Waals surface area contributed by atoms with E-state index in [1.54, 1.807) is 29.2 Å². The molecule has 0 spiro atoms. The zero-order valence-electron chi connectivity index (χ0n) is 14.8. The molecular formula is C19H21N5O2. The average Bonchev–Trinajstić information content (AvgIpc) is 2.79. The Labute approximate surface area is 151 Å². The molecule has 1 amide bonds. The fraction of sp³-hybridized carbons (Fsp3) is 0.368. The van der Waals surface area contributed by atoms with Crippen LogP contribution < -0.4 is 10.5 Å². The summed E-state index contributed by atoms with van der Waals surface area (Å²) in [6.07, 6.45) is 3.62. The molecule has 2 aliphatic rings.